The van der Waals surface area contributed by atoms with Gasteiger partial charge in [-0.15, -0.1) is 4.98 Å². The summed E-state index contributed by atoms with van der Waals surface area (Å²) in [5, 5.41) is 0. The highest BCUT2D eigenvalue weighted by Crippen LogP contribution is 2.38. The zero-order valence-electron chi connectivity index (χ0n) is 8.46. The van der Waals surface area contributed by atoms with Gasteiger partial charge in [-0.3, -0.25) is 9.97 Å². The minimum atomic E-state index is -0.777. The van der Waals surface area contributed by atoms with Gasteiger partial charge < -0.3 is 4.74 Å². The molecule has 1 heterocycles. The van der Waals surface area contributed by atoms with E-state index in [0.29, 0.717) is 10.2 Å². The molecule has 0 fully saturated rings. The molecule has 0 aliphatic carbocycles. The van der Waals surface area contributed by atoms with Crippen molar-refractivity contribution in [3.63, 3.8) is 0 Å². The van der Waals surface area contributed by atoms with Crippen molar-refractivity contribution < 1.29 is 4.74 Å². The van der Waals surface area contributed by atoms with Crippen LogP contribution in [0.15, 0.2) is 35.1 Å². The van der Waals surface area contributed by atoms with Crippen molar-refractivity contribution in [2.24, 2.45) is 0 Å². The molecule has 6 nitrogen and oxygen atoms in total. The fraction of sp³-hybridized carbons (Fsp3) is 0. The van der Waals surface area contributed by atoms with E-state index in [1.807, 2.05) is 4.98 Å². The first-order valence-corrected chi connectivity index (χ1v) is 6.87. The number of hydrogen-bond acceptors (Lipinski definition) is 4. The molecule has 94 valence electrons. The molecular formula is C9H4Br3N3O3. The molecule has 0 spiro atoms. The summed E-state index contributed by atoms with van der Waals surface area (Å²) < 4.78 is 7.52. The van der Waals surface area contributed by atoms with E-state index >= 15 is 0 Å². The SMILES string of the molecule is O=c1nc(Oc2ccc(Br)c(Br)c2Br)[nH]c(=O)[nH]1. The minimum Gasteiger partial charge on any atom is -0.424 e. The Hall–Kier alpha value is -0.930. The van der Waals surface area contributed by atoms with Gasteiger partial charge in [-0.2, -0.15) is 0 Å². The zero-order chi connectivity index (χ0) is 13.3. The summed E-state index contributed by atoms with van der Waals surface area (Å²) >= 11 is 9.98. The van der Waals surface area contributed by atoms with Gasteiger partial charge in [0.05, 0.1) is 4.47 Å². The van der Waals surface area contributed by atoms with E-state index in [9.17, 15) is 9.59 Å². The standard InChI is InChI=1S/C9H4Br3N3O3/c10-3-1-2-4(6(12)5(3)11)18-9-14-7(16)13-8(17)15-9/h1-2H,(H2,13,14,15,16,17). The third kappa shape index (κ3) is 2.90. The molecule has 1 aromatic carbocycles. The van der Waals surface area contributed by atoms with Gasteiger partial charge in [-0.05, 0) is 59.9 Å². The molecule has 2 aromatic rings. The van der Waals surface area contributed by atoms with Crippen LogP contribution < -0.4 is 16.1 Å². The summed E-state index contributed by atoms with van der Waals surface area (Å²) in [5.41, 5.74) is -1.46. The van der Waals surface area contributed by atoms with Gasteiger partial charge in [0, 0.05) is 8.95 Å². The van der Waals surface area contributed by atoms with Crippen LogP contribution in [0.5, 0.6) is 11.8 Å². The Balaban J connectivity index is 2.43. The van der Waals surface area contributed by atoms with Gasteiger partial charge in [-0.25, -0.2) is 9.59 Å². The first kappa shape index (κ1) is 13.5. The second-order valence-electron chi connectivity index (χ2n) is 3.08. The maximum absolute atomic E-state index is 11.0. The lowest BCUT2D eigenvalue weighted by Crippen LogP contribution is -2.24. The van der Waals surface area contributed by atoms with Gasteiger partial charge >= 0.3 is 17.4 Å². The Kier molecular flexibility index (Phi) is 4.03. The molecule has 0 saturated carbocycles. The number of nitrogens with one attached hydrogen (secondary N) is 2. The number of benzene rings is 1. The Morgan fingerprint density at radius 3 is 2.44 bits per heavy atom. The molecule has 0 aliphatic rings. The molecular weight excluding hydrogens is 438 g/mol. The molecule has 0 saturated heterocycles. The van der Waals surface area contributed by atoms with E-state index in [1.165, 1.54) is 0 Å². The van der Waals surface area contributed by atoms with Crippen molar-refractivity contribution in [2.45, 2.75) is 0 Å². The maximum atomic E-state index is 11.0. The lowest BCUT2D eigenvalue weighted by molar-refractivity contribution is 0.431. The van der Waals surface area contributed by atoms with Gasteiger partial charge in [0.1, 0.15) is 5.75 Å². The lowest BCUT2D eigenvalue weighted by Gasteiger charge is -2.08. The predicted molar refractivity (Wildman–Crippen MR) is 75.1 cm³/mol. The minimum absolute atomic E-state index is 0.182. The summed E-state index contributed by atoms with van der Waals surface area (Å²) in [6, 6.07) is 3.22. The Morgan fingerprint density at radius 2 is 1.78 bits per heavy atom. The molecule has 0 atom stereocenters. The summed E-state index contributed by atoms with van der Waals surface area (Å²) in [4.78, 5) is 29.8. The van der Waals surface area contributed by atoms with Crippen LogP contribution in [-0.2, 0) is 0 Å². The highest BCUT2D eigenvalue weighted by molar-refractivity contribution is 9.14. The van der Waals surface area contributed by atoms with Crippen LogP contribution in [0.3, 0.4) is 0 Å². The zero-order valence-corrected chi connectivity index (χ0v) is 13.2. The number of halogens is 3. The van der Waals surface area contributed by atoms with Crippen LogP contribution in [0.4, 0.5) is 0 Å². The molecule has 0 aliphatic heterocycles. The predicted octanol–water partition coefficient (Wildman–Crippen LogP) is 2.54. The topological polar surface area (TPSA) is 87.8 Å². The molecule has 0 amide bonds. The number of nitrogens with zero attached hydrogens (tertiary/aromatic N) is 1. The molecule has 18 heavy (non-hydrogen) atoms. The molecule has 0 bridgehead atoms. The van der Waals surface area contributed by atoms with Crippen LogP contribution in [0.2, 0.25) is 0 Å². The maximum Gasteiger partial charge on any atom is 0.353 e. The number of ether oxygens (including phenoxy) is 1. The van der Waals surface area contributed by atoms with E-state index in [0.717, 1.165) is 8.95 Å². The average molecular weight is 442 g/mol. The Bertz CT molecular complexity index is 682. The van der Waals surface area contributed by atoms with Crippen molar-refractivity contribution >= 4 is 47.8 Å². The van der Waals surface area contributed by atoms with Crippen molar-refractivity contribution in [1.29, 1.82) is 0 Å². The summed E-state index contributed by atoms with van der Waals surface area (Å²) in [7, 11) is 0. The first-order valence-electron chi connectivity index (χ1n) is 4.49. The van der Waals surface area contributed by atoms with Crippen LogP contribution in [-0.4, -0.2) is 15.0 Å². The molecule has 1 aromatic heterocycles. The summed E-state index contributed by atoms with van der Waals surface area (Å²) in [5.74, 6) is 0.402. The molecule has 2 N–H and O–H groups in total. The number of H-pyrrole nitrogens is 2. The molecule has 2 rings (SSSR count). The monoisotopic (exact) mass is 439 g/mol. The number of hydrogen-bond donors (Lipinski definition) is 2. The van der Waals surface area contributed by atoms with E-state index in [-0.39, 0.29) is 6.01 Å². The fourth-order valence-corrected chi connectivity index (χ4v) is 2.46. The summed E-state index contributed by atoms with van der Waals surface area (Å²) in [6.45, 7) is 0. The largest absolute Gasteiger partial charge is 0.424 e. The van der Waals surface area contributed by atoms with E-state index in [1.54, 1.807) is 12.1 Å². The smallest absolute Gasteiger partial charge is 0.353 e. The van der Waals surface area contributed by atoms with Crippen LogP contribution >= 0.6 is 47.8 Å². The molecule has 0 unspecified atom stereocenters. The highest BCUT2D eigenvalue weighted by atomic mass is 79.9. The van der Waals surface area contributed by atoms with Crippen LogP contribution in [0, 0.1) is 0 Å². The van der Waals surface area contributed by atoms with Crippen molar-refractivity contribution in [2.75, 3.05) is 0 Å². The Labute approximate surface area is 125 Å². The van der Waals surface area contributed by atoms with Gasteiger partial charge in [0.2, 0.25) is 0 Å². The van der Waals surface area contributed by atoms with E-state index in [4.69, 9.17) is 4.74 Å². The second kappa shape index (κ2) is 5.37. The highest BCUT2D eigenvalue weighted by Gasteiger charge is 2.10. The van der Waals surface area contributed by atoms with E-state index < -0.39 is 11.4 Å². The third-order valence-electron chi connectivity index (χ3n) is 1.85. The van der Waals surface area contributed by atoms with Crippen molar-refractivity contribution in [1.82, 2.24) is 15.0 Å². The quantitative estimate of drug-likeness (QED) is 0.701. The van der Waals surface area contributed by atoms with Gasteiger partial charge in [0.15, 0.2) is 0 Å². The lowest BCUT2D eigenvalue weighted by atomic mass is 10.3. The first-order chi connectivity index (χ1) is 8.47. The third-order valence-corrected chi connectivity index (χ3v) is 5.19. The van der Waals surface area contributed by atoms with Crippen LogP contribution in [0.1, 0.15) is 0 Å². The fourth-order valence-electron chi connectivity index (χ4n) is 1.11. The summed E-state index contributed by atoms with van der Waals surface area (Å²) in [6.07, 6.45) is 0. The molecule has 9 heteroatoms. The number of aromatic nitrogens is 3. The average Bonchev–Trinajstić information content (AvgIpc) is 2.29. The van der Waals surface area contributed by atoms with Crippen molar-refractivity contribution in [3.05, 3.63) is 46.5 Å². The Morgan fingerprint density at radius 1 is 1.06 bits per heavy atom. The van der Waals surface area contributed by atoms with Gasteiger partial charge in [-0.1, -0.05) is 0 Å². The number of rotatable bonds is 2. The van der Waals surface area contributed by atoms with E-state index in [2.05, 4.69) is 57.8 Å². The van der Waals surface area contributed by atoms with Crippen LogP contribution in [0.25, 0.3) is 0 Å². The number of aromatic amines is 2. The van der Waals surface area contributed by atoms with Gasteiger partial charge in [0.25, 0.3) is 0 Å². The van der Waals surface area contributed by atoms with Crippen molar-refractivity contribution in [3.8, 4) is 11.8 Å². The second-order valence-corrected chi connectivity index (χ2v) is 5.52. The molecule has 0 radical (unpaired) electrons. The normalized spacial score (nSPS) is 10.4.